The molecule has 0 aliphatic carbocycles. The molecule has 1 fully saturated rings. The molecule has 0 spiro atoms. The van der Waals surface area contributed by atoms with Gasteiger partial charge in [-0.1, -0.05) is 11.6 Å². The first-order chi connectivity index (χ1) is 12.2. The van der Waals surface area contributed by atoms with Crippen molar-refractivity contribution in [3.63, 3.8) is 0 Å². The highest BCUT2D eigenvalue weighted by Gasteiger charge is 2.31. The standard InChI is InChI=1S/C15H12ClF3N4O3/c16-12-5-10(23(24)25)7-21-14(12)22-4-3-11(8-22)26-13-2-1-9(6-20-13)15(17,18)19/h1-2,5-7,11H,3-4,8H2. The van der Waals surface area contributed by atoms with E-state index in [1.165, 1.54) is 12.1 Å². The minimum atomic E-state index is -4.45. The van der Waals surface area contributed by atoms with Crippen LogP contribution in [0.2, 0.25) is 5.02 Å². The molecule has 7 nitrogen and oxygen atoms in total. The lowest BCUT2D eigenvalue weighted by molar-refractivity contribution is -0.385. The van der Waals surface area contributed by atoms with Gasteiger partial charge in [-0.25, -0.2) is 9.97 Å². The van der Waals surface area contributed by atoms with Crippen LogP contribution in [0, 0.1) is 10.1 Å². The van der Waals surface area contributed by atoms with Gasteiger partial charge in [0.25, 0.3) is 5.69 Å². The van der Waals surface area contributed by atoms with Crippen LogP contribution < -0.4 is 9.64 Å². The molecule has 0 bridgehead atoms. The summed E-state index contributed by atoms with van der Waals surface area (Å²) in [5, 5.41) is 10.9. The third-order valence-corrected chi connectivity index (χ3v) is 4.09. The monoisotopic (exact) mass is 388 g/mol. The second-order valence-electron chi connectivity index (χ2n) is 5.61. The predicted octanol–water partition coefficient (Wildman–Crippen LogP) is 3.71. The molecule has 1 aliphatic heterocycles. The molecule has 0 amide bonds. The third kappa shape index (κ3) is 3.96. The summed E-state index contributed by atoms with van der Waals surface area (Å²) in [4.78, 5) is 19.6. The Balaban J connectivity index is 1.65. The molecule has 0 saturated carbocycles. The second-order valence-corrected chi connectivity index (χ2v) is 6.02. The second kappa shape index (κ2) is 6.94. The van der Waals surface area contributed by atoms with Gasteiger partial charge in [0.1, 0.15) is 18.1 Å². The van der Waals surface area contributed by atoms with Crippen LogP contribution in [0.5, 0.6) is 5.88 Å². The summed E-state index contributed by atoms with van der Waals surface area (Å²) >= 11 is 6.05. The van der Waals surface area contributed by atoms with E-state index in [-0.39, 0.29) is 22.7 Å². The van der Waals surface area contributed by atoms with Gasteiger partial charge in [-0.3, -0.25) is 10.1 Å². The zero-order valence-electron chi connectivity index (χ0n) is 13.1. The molecule has 2 aromatic heterocycles. The van der Waals surface area contributed by atoms with Crippen LogP contribution in [0.25, 0.3) is 0 Å². The van der Waals surface area contributed by atoms with E-state index in [0.29, 0.717) is 25.3 Å². The van der Waals surface area contributed by atoms with Crippen LogP contribution in [0.15, 0.2) is 30.6 Å². The zero-order valence-corrected chi connectivity index (χ0v) is 13.9. The fourth-order valence-corrected chi connectivity index (χ4v) is 2.84. The first kappa shape index (κ1) is 18.2. The first-order valence-corrected chi connectivity index (χ1v) is 7.86. The predicted molar refractivity (Wildman–Crippen MR) is 86.4 cm³/mol. The average Bonchev–Trinajstić information content (AvgIpc) is 3.02. The molecule has 1 unspecified atom stereocenters. The maximum atomic E-state index is 12.5. The number of alkyl halides is 3. The molecule has 0 radical (unpaired) electrons. The summed E-state index contributed by atoms with van der Waals surface area (Å²) in [6.07, 6.45) is -2.35. The Morgan fingerprint density at radius 2 is 2.08 bits per heavy atom. The normalized spacial score (nSPS) is 17.4. The highest BCUT2D eigenvalue weighted by Crippen LogP contribution is 2.31. The summed E-state index contributed by atoms with van der Waals surface area (Å²) in [7, 11) is 0. The van der Waals surface area contributed by atoms with Crippen LogP contribution in [-0.2, 0) is 6.18 Å². The maximum absolute atomic E-state index is 12.5. The van der Waals surface area contributed by atoms with Gasteiger partial charge in [0.15, 0.2) is 0 Å². The van der Waals surface area contributed by atoms with E-state index in [9.17, 15) is 23.3 Å². The van der Waals surface area contributed by atoms with Gasteiger partial charge in [0, 0.05) is 31.3 Å². The Morgan fingerprint density at radius 1 is 1.31 bits per heavy atom. The number of hydrogen-bond donors (Lipinski definition) is 0. The Morgan fingerprint density at radius 3 is 2.65 bits per heavy atom. The number of halogens is 4. The van der Waals surface area contributed by atoms with E-state index in [1.54, 1.807) is 4.90 Å². The van der Waals surface area contributed by atoms with Gasteiger partial charge in [-0.15, -0.1) is 0 Å². The fourth-order valence-electron chi connectivity index (χ4n) is 2.56. The molecule has 3 heterocycles. The Bertz CT molecular complexity index is 817. The molecule has 0 N–H and O–H groups in total. The summed E-state index contributed by atoms with van der Waals surface area (Å²) in [5.74, 6) is 0.483. The van der Waals surface area contributed by atoms with Gasteiger partial charge in [-0.05, 0) is 6.07 Å². The van der Waals surface area contributed by atoms with Crippen molar-refractivity contribution in [2.24, 2.45) is 0 Å². The Kier molecular flexibility index (Phi) is 4.86. The van der Waals surface area contributed by atoms with Crippen molar-refractivity contribution in [2.75, 3.05) is 18.0 Å². The summed E-state index contributed by atoms with van der Waals surface area (Å²) in [5.41, 5.74) is -1.06. The lowest BCUT2D eigenvalue weighted by Crippen LogP contribution is -2.25. The number of nitro groups is 1. The number of hydrogen-bond acceptors (Lipinski definition) is 6. The van der Waals surface area contributed by atoms with E-state index in [4.69, 9.17) is 16.3 Å². The van der Waals surface area contributed by atoms with E-state index in [0.717, 1.165) is 18.5 Å². The van der Waals surface area contributed by atoms with Crippen molar-refractivity contribution in [3.05, 3.63) is 51.3 Å². The number of pyridine rings is 2. The van der Waals surface area contributed by atoms with Crippen LogP contribution >= 0.6 is 11.6 Å². The number of aromatic nitrogens is 2. The summed E-state index contributed by atoms with van der Waals surface area (Å²) < 4.78 is 43.2. The maximum Gasteiger partial charge on any atom is 0.417 e. The number of nitrogens with zero attached hydrogens (tertiary/aromatic N) is 4. The number of ether oxygens (including phenoxy) is 1. The molecule has 1 aliphatic rings. The topological polar surface area (TPSA) is 81.4 Å². The molecular formula is C15H12ClF3N4O3. The molecule has 11 heteroatoms. The highest BCUT2D eigenvalue weighted by molar-refractivity contribution is 6.33. The van der Waals surface area contributed by atoms with Crippen molar-refractivity contribution in [1.29, 1.82) is 0 Å². The lowest BCUT2D eigenvalue weighted by Gasteiger charge is -2.18. The molecule has 138 valence electrons. The van der Waals surface area contributed by atoms with E-state index in [2.05, 4.69) is 9.97 Å². The molecule has 1 atom stereocenters. The summed E-state index contributed by atoms with van der Waals surface area (Å²) in [6.45, 7) is 0.920. The molecule has 0 aromatic carbocycles. The van der Waals surface area contributed by atoms with Crippen molar-refractivity contribution in [1.82, 2.24) is 9.97 Å². The Labute approximate surface area is 150 Å². The van der Waals surface area contributed by atoms with Crippen LogP contribution in [-0.4, -0.2) is 34.1 Å². The van der Waals surface area contributed by atoms with Gasteiger partial charge in [0.2, 0.25) is 5.88 Å². The molecule has 2 aromatic rings. The summed E-state index contributed by atoms with van der Waals surface area (Å²) in [6, 6.07) is 3.29. The minimum absolute atomic E-state index is 0.0904. The molecule has 3 rings (SSSR count). The van der Waals surface area contributed by atoms with Crippen LogP contribution in [0.4, 0.5) is 24.7 Å². The average molecular weight is 389 g/mol. The fraction of sp³-hybridized carbons (Fsp3) is 0.333. The number of anilines is 1. The van der Waals surface area contributed by atoms with Crippen molar-refractivity contribution < 1.29 is 22.8 Å². The third-order valence-electron chi connectivity index (χ3n) is 3.81. The largest absolute Gasteiger partial charge is 0.472 e. The minimum Gasteiger partial charge on any atom is -0.472 e. The SMILES string of the molecule is O=[N+]([O-])c1cnc(N2CCC(Oc3ccc(C(F)(F)F)cn3)C2)c(Cl)c1. The highest BCUT2D eigenvalue weighted by atomic mass is 35.5. The van der Waals surface area contributed by atoms with Gasteiger partial charge < -0.3 is 9.64 Å². The first-order valence-electron chi connectivity index (χ1n) is 7.49. The van der Waals surface area contributed by atoms with Gasteiger partial charge in [-0.2, -0.15) is 13.2 Å². The van der Waals surface area contributed by atoms with E-state index < -0.39 is 16.7 Å². The molecule has 26 heavy (non-hydrogen) atoms. The van der Waals surface area contributed by atoms with Crippen molar-refractivity contribution in [2.45, 2.75) is 18.7 Å². The van der Waals surface area contributed by atoms with Crippen LogP contribution in [0.1, 0.15) is 12.0 Å². The molecule has 1 saturated heterocycles. The van der Waals surface area contributed by atoms with Crippen molar-refractivity contribution >= 4 is 23.1 Å². The van der Waals surface area contributed by atoms with Crippen LogP contribution in [0.3, 0.4) is 0 Å². The van der Waals surface area contributed by atoms with Gasteiger partial charge in [0.05, 0.1) is 22.1 Å². The van der Waals surface area contributed by atoms with E-state index in [1.807, 2.05) is 0 Å². The van der Waals surface area contributed by atoms with E-state index >= 15 is 0 Å². The zero-order chi connectivity index (χ0) is 18.9. The molecular weight excluding hydrogens is 377 g/mol. The smallest absolute Gasteiger partial charge is 0.417 e. The lowest BCUT2D eigenvalue weighted by atomic mass is 10.3. The quantitative estimate of drug-likeness (QED) is 0.586. The number of rotatable bonds is 4. The Hall–Kier alpha value is -2.62. The van der Waals surface area contributed by atoms with Crippen molar-refractivity contribution in [3.8, 4) is 5.88 Å². The van der Waals surface area contributed by atoms with Gasteiger partial charge >= 0.3 is 6.18 Å².